The fraction of sp³-hybridized carbons (Fsp3) is 0.450. The first kappa shape index (κ1) is 23.8. The number of rotatable bonds is 5. The van der Waals surface area contributed by atoms with Gasteiger partial charge in [0.25, 0.3) is 10.0 Å². The maximum atomic E-state index is 12.6. The fourth-order valence-electron chi connectivity index (χ4n) is 4.13. The third-order valence-corrected chi connectivity index (χ3v) is 6.85. The fourth-order valence-corrected chi connectivity index (χ4v) is 4.99. The van der Waals surface area contributed by atoms with Crippen molar-refractivity contribution in [2.75, 3.05) is 19.4 Å². The Morgan fingerprint density at radius 3 is 2.29 bits per heavy atom. The number of sulfonamides is 1. The van der Waals surface area contributed by atoms with Crippen molar-refractivity contribution >= 4 is 57.2 Å². The third kappa shape index (κ3) is 4.97. The molecule has 1 aromatic heterocycles. The van der Waals surface area contributed by atoms with Crippen molar-refractivity contribution in [3.05, 3.63) is 40.6 Å². The topological polar surface area (TPSA) is 113 Å². The van der Waals surface area contributed by atoms with Crippen LogP contribution in [0.1, 0.15) is 35.1 Å². The molecule has 1 radical (unpaired) electrons. The van der Waals surface area contributed by atoms with E-state index in [2.05, 4.69) is 16.5 Å². The van der Waals surface area contributed by atoms with Gasteiger partial charge in [-0.25, -0.2) is 9.52 Å². The minimum atomic E-state index is -4.16. The van der Waals surface area contributed by atoms with E-state index in [0.717, 1.165) is 55.3 Å². The van der Waals surface area contributed by atoms with Gasteiger partial charge in [0.15, 0.2) is 5.03 Å². The number of benzene rings is 1. The molecule has 0 bridgehead atoms. The predicted molar refractivity (Wildman–Crippen MR) is 117 cm³/mol. The molecule has 0 spiro atoms. The Bertz CT molecular complexity index is 1090. The van der Waals surface area contributed by atoms with E-state index in [0.29, 0.717) is 0 Å². The Kier molecular flexibility index (Phi) is 7.14. The molecule has 2 aliphatic rings. The number of aryl methyl sites for hydroxylation is 2. The van der Waals surface area contributed by atoms with Crippen molar-refractivity contribution in [2.45, 2.75) is 50.1 Å². The maximum Gasteiger partial charge on any atom is 0.333 e. The molecule has 9 nitrogen and oxygen atoms in total. The molecule has 3 amide bonds. The number of anilines is 1. The van der Waals surface area contributed by atoms with E-state index in [1.165, 1.54) is 33.0 Å². The number of likely N-dealkylation sites (N-methyl/N-ethyl adjacent to an activating group) is 1. The molecule has 1 aromatic carbocycles. The van der Waals surface area contributed by atoms with Crippen LogP contribution in [0.2, 0.25) is 0 Å². The second kappa shape index (κ2) is 9.32. The van der Waals surface area contributed by atoms with E-state index in [4.69, 9.17) is 0 Å². The van der Waals surface area contributed by atoms with Gasteiger partial charge in [0.05, 0.1) is 0 Å². The van der Waals surface area contributed by atoms with Gasteiger partial charge in [0, 0.05) is 55.5 Å². The zero-order valence-corrected chi connectivity index (χ0v) is 20.9. The number of urea groups is 1. The second-order valence-corrected chi connectivity index (χ2v) is 9.56. The molecule has 0 saturated carbocycles. The van der Waals surface area contributed by atoms with Gasteiger partial charge in [-0.2, -0.15) is 13.5 Å². The van der Waals surface area contributed by atoms with Gasteiger partial charge in [-0.15, -0.1) is 0 Å². The summed E-state index contributed by atoms with van der Waals surface area (Å²) in [5.74, 6) is -0.223. The Balaban J connectivity index is 0.00000272. The Hall–Kier alpha value is -1.88. The van der Waals surface area contributed by atoms with Crippen LogP contribution >= 0.6 is 0 Å². The van der Waals surface area contributed by atoms with Gasteiger partial charge < -0.3 is 10.2 Å². The molecule has 2 aliphatic carbocycles. The van der Waals surface area contributed by atoms with E-state index >= 15 is 0 Å². The molecule has 0 saturated heterocycles. The molecule has 4 rings (SSSR count). The van der Waals surface area contributed by atoms with Crippen LogP contribution in [0.5, 0.6) is 0 Å². The molecule has 161 valence electrons. The average molecular weight is 455 g/mol. The minimum absolute atomic E-state index is 0. The minimum Gasteiger partial charge on any atom is -0.347 e. The van der Waals surface area contributed by atoms with Crippen molar-refractivity contribution in [2.24, 2.45) is 0 Å². The van der Waals surface area contributed by atoms with Gasteiger partial charge in [-0.1, -0.05) is 6.07 Å². The third-order valence-electron chi connectivity index (χ3n) is 5.63. The quantitative estimate of drug-likeness (QED) is 0.657. The standard InChI is InChI=1S/C20H25N5O4S.Na/c1-24(2)18(26)12-25-10-9-17(22-25)30(28,29)23-20(27)21-19-15-7-3-5-13(15)11-14-6-4-8-16(14)19;/h9-11H,3-8,12H2,1-2H3,(H2,21,23,27);. The number of nitrogens with one attached hydrogen (secondary N) is 2. The van der Waals surface area contributed by atoms with Crippen LogP contribution < -0.4 is 10.0 Å². The molecule has 0 fully saturated rings. The molecule has 0 unspecified atom stereocenters. The Morgan fingerprint density at radius 1 is 1.10 bits per heavy atom. The largest absolute Gasteiger partial charge is 0.347 e. The molecule has 2 aromatic rings. The SMILES string of the molecule is CN(C)C(=O)Cn1ccc(S(=O)(=O)NC(=O)Nc2c3c(cc4c2CCC4)CCC3)n1.[Na]. The average Bonchev–Trinajstić information content (AvgIpc) is 3.41. The molecular weight excluding hydrogens is 429 g/mol. The summed E-state index contributed by atoms with van der Waals surface area (Å²) < 4.78 is 28.5. The van der Waals surface area contributed by atoms with Gasteiger partial charge in [-0.05, 0) is 66.8 Å². The maximum absolute atomic E-state index is 12.6. The summed E-state index contributed by atoms with van der Waals surface area (Å²) in [6.45, 7) is -0.0863. The van der Waals surface area contributed by atoms with Crippen LogP contribution in [-0.2, 0) is 47.0 Å². The summed E-state index contributed by atoms with van der Waals surface area (Å²) in [4.78, 5) is 25.7. The molecule has 11 heteroatoms. The summed E-state index contributed by atoms with van der Waals surface area (Å²) >= 11 is 0. The molecule has 0 aliphatic heterocycles. The summed E-state index contributed by atoms with van der Waals surface area (Å²) in [6, 6.07) is 2.70. The summed E-state index contributed by atoms with van der Waals surface area (Å²) in [6.07, 6.45) is 7.21. The van der Waals surface area contributed by atoms with Gasteiger partial charge >= 0.3 is 6.03 Å². The number of amides is 3. The molecule has 2 N–H and O–H groups in total. The Labute approximate surface area is 203 Å². The van der Waals surface area contributed by atoms with Gasteiger partial charge in [-0.3, -0.25) is 9.48 Å². The Morgan fingerprint density at radius 2 is 1.71 bits per heavy atom. The number of carbonyl (C=O) groups excluding carboxylic acids is 2. The zero-order chi connectivity index (χ0) is 21.5. The molecule has 1 heterocycles. The van der Waals surface area contributed by atoms with E-state index < -0.39 is 16.1 Å². The first-order valence-electron chi connectivity index (χ1n) is 9.98. The van der Waals surface area contributed by atoms with Crippen LogP contribution in [0.3, 0.4) is 0 Å². The smallest absolute Gasteiger partial charge is 0.333 e. The van der Waals surface area contributed by atoms with Crippen molar-refractivity contribution in [3.8, 4) is 0 Å². The first-order chi connectivity index (χ1) is 14.2. The van der Waals surface area contributed by atoms with Crippen molar-refractivity contribution in [1.29, 1.82) is 0 Å². The van der Waals surface area contributed by atoms with Crippen molar-refractivity contribution in [1.82, 2.24) is 19.4 Å². The number of aromatic nitrogens is 2. The van der Waals surface area contributed by atoms with Crippen LogP contribution in [0.25, 0.3) is 0 Å². The number of hydrogen-bond donors (Lipinski definition) is 2. The van der Waals surface area contributed by atoms with E-state index in [-0.39, 0.29) is 47.0 Å². The van der Waals surface area contributed by atoms with Crippen LogP contribution in [0.4, 0.5) is 10.5 Å². The van der Waals surface area contributed by atoms with E-state index in [9.17, 15) is 18.0 Å². The van der Waals surface area contributed by atoms with Crippen LogP contribution in [-0.4, -0.2) is 78.7 Å². The molecule has 31 heavy (non-hydrogen) atoms. The van der Waals surface area contributed by atoms with Crippen LogP contribution in [0.15, 0.2) is 23.4 Å². The van der Waals surface area contributed by atoms with Crippen LogP contribution in [0, 0.1) is 0 Å². The number of fused-ring (bicyclic) bond motifs is 2. The summed E-state index contributed by atoms with van der Waals surface area (Å²) in [5.41, 5.74) is 5.51. The number of hydrogen-bond acceptors (Lipinski definition) is 5. The first-order valence-corrected chi connectivity index (χ1v) is 11.5. The monoisotopic (exact) mass is 454 g/mol. The van der Waals surface area contributed by atoms with E-state index in [1.807, 2.05) is 4.72 Å². The number of carbonyl (C=O) groups is 2. The van der Waals surface area contributed by atoms with Gasteiger partial charge in [0.1, 0.15) is 6.54 Å². The summed E-state index contributed by atoms with van der Waals surface area (Å²) in [7, 11) is -0.955. The van der Waals surface area contributed by atoms with E-state index in [1.54, 1.807) is 14.1 Å². The summed E-state index contributed by atoms with van der Waals surface area (Å²) in [5, 5.41) is 6.40. The predicted octanol–water partition coefficient (Wildman–Crippen LogP) is 1.08. The molecular formula is C20H25N5NaO4S. The second-order valence-electron chi connectivity index (χ2n) is 7.93. The molecule has 0 atom stereocenters. The van der Waals surface area contributed by atoms with Gasteiger partial charge in [0.2, 0.25) is 5.91 Å². The number of nitrogens with zero attached hydrogens (tertiary/aromatic N) is 3. The zero-order valence-electron chi connectivity index (χ0n) is 18.1. The van der Waals surface area contributed by atoms with Crippen molar-refractivity contribution in [3.63, 3.8) is 0 Å². The normalized spacial score (nSPS) is 14.4. The van der Waals surface area contributed by atoms with Crippen molar-refractivity contribution < 1.29 is 18.0 Å².